The lowest BCUT2D eigenvalue weighted by atomic mass is 10.1. The number of carbonyl (C=O) groups is 2. The van der Waals surface area contributed by atoms with Gasteiger partial charge in [0, 0.05) is 19.4 Å². The number of nitrogens with one attached hydrogen (secondary N) is 2. The molecule has 0 bridgehead atoms. The summed E-state index contributed by atoms with van der Waals surface area (Å²) in [5.74, 6) is 0.757. The number of methoxy groups -OCH3 is 1. The van der Waals surface area contributed by atoms with Crippen LogP contribution in [0.15, 0.2) is 23.7 Å². The Hall–Kier alpha value is -2.41. The van der Waals surface area contributed by atoms with Gasteiger partial charge >= 0.3 is 0 Å². The molecule has 126 valence electrons. The number of benzene rings is 1. The molecule has 0 atom stereocenters. The predicted octanol–water partition coefficient (Wildman–Crippen LogP) is 2.92. The van der Waals surface area contributed by atoms with Crippen molar-refractivity contribution in [2.75, 3.05) is 12.4 Å². The Kier molecular flexibility index (Phi) is 4.80. The van der Waals surface area contributed by atoms with Crippen molar-refractivity contribution in [3.05, 3.63) is 39.8 Å². The summed E-state index contributed by atoms with van der Waals surface area (Å²) in [5, 5.41) is 5.65. The average molecular weight is 345 g/mol. The highest BCUT2D eigenvalue weighted by Gasteiger charge is 2.30. The Morgan fingerprint density at radius 3 is 2.83 bits per heavy atom. The summed E-state index contributed by atoms with van der Waals surface area (Å²) in [4.78, 5) is 28.7. The minimum atomic E-state index is -0.173. The van der Waals surface area contributed by atoms with E-state index in [1.807, 2.05) is 6.07 Å². The maximum atomic E-state index is 12.4. The summed E-state index contributed by atoms with van der Waals surface area (Å²) in [6.07, 6.45) is 2.23. The lowest BCUT2D eigenvalue weighted by Crippen LogP contribution is -2.23. The first-order valence-electron chi connectivity index (χ1n) is 7.74. The molecule has 7 heteroatoms. The van der Waals surface area contributed by atoms with Crippen LogP contribution in [0.2, 0.25) is 0 Å². The zero-order chi connectivity index (χ0) is 17.1. The van der Waals surface area contributed by atoms with Gasteiger partial charge in [0.05, 0.1) is 24.0 Å². The van der Waals surface area contributed by atoms with Crippen LogP contribution in [0.25, 0.3) is 0 Å². The van der Waals surface area contributed by atoms with Gasteiger partial charge in [0.15, 0.2) is 0 Å². The van der Waals surface area contributed by atoms with Gasteiger partial charge in [-0.3, -0.25) is 9.59 Å². The van der Waals surface area contributed by atoms with Crippen molar-refractivity contribution in [2.24, 2.45) is 0 Å². The van der Waals surface area contributed by atoms with Gasteiger partial charge in [0.1, 0.15) is 10.6 Å². The van der Waals surface area contributed by atoms with Gasteiger partial charge in [-0.2, -0.15) is 0 Å². The largest absolute Gasteiger partial charge is 0.495 e. The van der Waals surface area contributed by atoms with E-state index in [0.717, 1.165) is 24.1 Å². The minimum absolute atomic E-state index is 0.101. The fourth-order valence-corrected chi connectivity index (χ4v) is 3.28. The van der Waals surface area contributed by atoms with Crippen LogP contribution in [0.5, 0.6) is 5.75 Å². The van der Waals surface area contributed by atoms with E-state index < -0.39 is 0 Å². The lowest BCUT2D eigenvalue weighted by molar-refractivity contribution is -0.114. The van der Waals surface area contributed by atoms with Gasteiger partial charge in [0.25, 0.3) is 5.91 Å². The van der Waals surface area contributed by atoms with Crippen LogP contribution >= 0.6 is 11.3 Å². The fourth-order valence-electron chi connectivity index (χ4n) is 2.49. The molecule has 1 aliphatic rings. The summed E-state index contributed by atoms with van der Waals surface area (Å²) >= 11 is 1.38. The molecule has 1 aromatic carbocycles. The van der Waals surface area contributed by atoms with Crippen molar-refractivity contribution in [2.45, 2.75) is 32.2 Å². The van der Waals surface area contributed by atoms with Gasteiger partial charge < -0.3 is 15.4 Å². The third kappa shape index (κ3) is 3.73. The van der Waals surface area contributed by atoms with Crippen molar-refractivity contribution in [3.63, 3.8) is 0 Å². The van der Waals surface area contributed by atoms with Gasteiger partial charge in [-0.05, 0) is 30.5 Å². The third-order valence-corrected chi connectivity index (χ3v) is 4.63. The molecular formula is C17H19N3O3S. The summed E-state index contributed by atoms with van der Waals surface area (Å²) in [7, 11) is 1.55. The number of hydrogen-bond donors (Lipinski definition) is 2. The summed E-state index contributed by atoms with van der Waals surface area (Å²) in [6.45, 7) is 1.81. The molecule has 1 aliphatic carbocycles. The first kappa shape index (κ1) is 16.4. The summed E-state index contributed by atoms with van der Waals surface area (Å²) in [5.41, 5.74) is 4.12. The first-order valence-corrected chi connectivity index (χ1v) is 8.62. The Balaban J connectivity index is 1.68. The maximum absolute atomic E-state index is 12.4. The minimum Gasteiger partial charge on any atom is -0.495 e. The molecule has 1 saturated carbocycles. The molecule has 24 heavy (non-hydrogen) atoms. The Morgan fingerprint density at radius 1 is 1.38 bits per heavy atom. The third-order valence-electron chi connectivity index (χ3n) is 3.79. The van der Waals surface area contributed by atoms with E-state index in [2.05, 4.69) is 15.6 Å². The van der Waals surface area contributed by atoms with Crippen LogP contribution in [0, 0.1) is 0 Å². The van der Waals surface area contributed by atoms with Crippen molar-refractivity contribution < 1.29 is 14.3 Å². The molecule has 2 N–H and O–H groups in total. The van der Waals surface area contributed by atoms with Gasteiger partial charge in [-0.1, -0.05) is 6.07 Å². The number of anilines is 1. The van der Waals surface area contributed by atoms with Crippen molar-refractivity contribution in [1.29, 1.82) is 0 Å². The number of nitrogens with zero attached hydrogens (tertiary/aromatic N) is 1. The second-order valence-corrected chi connectivity index (χ2v) is 6.59. The second kappa shape index (κ2) is 7.00. The molecule has 0 radical (unpaired) electrons. The maximum Gasteiger partial charge on any atom is 0.263 e. The highest BCUT2D eigenvalue weighted by molar-refractivity contribution is 7.11. The molecule has 0 saturated heterocycles. The molecule has 1 heterocycles. The monoisotopic (exact) mass is 345 g/mol. The molecule has 6 nitrogen and oxygen atoms in total. The molecule has 2 aromatic rings. The Morgan fingerprint density at radius 2 is 2.17 bits per heavy atom. The fraction of sp³-hybridized carbons (Fsp3) is 0.353. The normalized spacial score (nSPS) is 13.4. The van der Waals surface area contributed by atoms with E-state index in [1.165, 1.54) is 18.3 Å². The van der Waals surface area contributed by atoms with Crippen LogP contribution in [0.1, 0.15) is 46.6 Å². The standard InChI is InChI=1S/C17H19N3O3S/c1-10(21)20-13-7-11(3-6-14(13)23-2)8-18-17(22)16-15(12-4-5-12)19-9-24-16/h3,6-7,9,12H,4-5,8H2,1-2H3,(H,18,22)(H,20,21). The zero-order valence-electron chi connectivity index (χ0n) is 13.6. The van der Waals surface area contributed by atoms with E-state index in [9.17, 15) is 9.59 Å². The molecule has 1 aromatic heterocycles. The van der Waals surface area contributed by atoms with Crippen molar-refractivity contribution in [3.8, 4) is 5.75 Å². The van der Waals surface area contributed by atoms with E-state index in [1.54, 1.807) is 24.8 Å². The average Bonchev–Trinajstić information content (AvgIpc) is 3.29. The van der Waals surface area contributed by atoms with Crippen LogP contribution in [0.4, 0.5) is 5.69 Å². The van der Waals surface area contributed by atoms with E-state index in [-0.39, 0.29) is 11.8 Å². The van der Waals surface area contributed by atoms with Gasteiger partial charge in [-0.15, -0.1) is 11.3 Å². The van der Waals surface area contributed by atoms with E-state index >= 15 is 0 Å². The number of rotatable bonds is 6. The summed E-state index contributed by atoms with van der Waals surface area (Å²) < 4.78 is 5.23. The van der Waals surface area contributed by atoms with Crippen molar-refractivity contribution in [1.82, 2.24) is 10.3 Å². The molecule has 3 rings (SSSR count). The highest BCUT2D eigenvalue weighted by atomic mass is 32.1. The van der Waals surface area contributed by atoms with Crippen molar-refractivity contribution >= 4 is 28.8 Å². The van der Waals surface area contributed by atoms with Crippen LogP contribution in [-0.2, 0) is 11.3 Å². The number of aromatic nitrogens is 1. The number of amides is 2. The number of ether oxygens (including phenoxy) is 1. The molecule has 0 aliphatic heterocycles. The van der Waals surface area contributed by atoms with E-state index in [4.69, 9.17) is 4.74 Å². The molecule has 1 fully saturated rings. The summed E-state index contributed by atoms with van der Waals surface area (Å²) in [6, 6.07) is 5.43. The molecule has 2 amide bonds. The van der Waals surface area contributed by atoms with Crippen LogP contribution in [-0.4, -0.2) is 23.9 Å². The van der Waals surface area contributed by atoms with Gasteiger partial charge in [-0.25, -0.2) is 4.98 Å². The molecule has 0 spiro atoms. The SMILES string of the molecule is COc1ccc(CNC(=O)c2scnc2C2CC2)cc1NC(C)=O. The van der Waals surface area contributed by atoms with Crippen LogP contribution in [0.3, 0.4) is 0 Å². The van der Waals surface area contributed by atoms with Crippen LogP contribution < -0.4 is 15.4 Å². The Bertz CT molecular complexity index is 768. The zero-order valence-corrected chi connectivity index (χ0v) is 14.4. The Labute approximate surface area is 144 Å². The predicted molar refractivity (Wildman–Crippen MR) is 92.6 cm³/mol. The smallest absolute Gasteiger partial charge is 0.263 e. The second-order valence-electron chi connectivity index (χ2n) is 5.74. The highest BCUT2D eigenvalue weighted by Crippen LogP contribution is 2.41. The molecule has 0 unspecified atom stereocenters. The van der Waals surface area contributed by atoms with Gasteiger partial charge in [0.2, 0.25) is 5.91 Å². The first-order chi connectivity index (χ1) is 11.6. The quantitative estimate of drug-likeness (QED) is 0.843. The number of thiazole rings is 1. The number of hydrogen-bond acceptors (Lipinski definition) is 5. The lowest BCUT2D eigenvalue weighted by Gasteiger charge is -2.11. The van der Waals surface area contributed by atoms with E-state index in [0.29, 0.717) is 28.8 Å². The number of carbonyl (C=O) groups excluding carboxylic acids is 2. The topological polar surface area (TPSA) is 80.3 Å². The molecular weight excluding hydrogens is 326 g/mol.